The predicted molar refractivity (Wildman–Crippen MR) is 73.4 cm³/mol. The van der Waals surface area contributed by atoms with Gasteiger partial charge in [-0.2, -0.15) is 0 Å². The Morgan fingerprint density at radius 2 is 1.72 bits per heavy atom. The monoisotopic (exact) mass is 246 g/mol. The minimum absolute atomic E-state index is 0.138. The van der Waals surface area contributed by atoms with Gasteiger partial charge in [0.1, 0.15) is 5.75 Å². The summed E-state index contributed by atoms with van der Waals surface area (Å²) >= 11 is 0. The largest absolute Gasteiger partial charge is 0.493 e. The van der Waals surface area contributed by atoms with Crippen molar-refractivity contribution in [2.24, 2.45) is 11.1 Å². The highest BCUT2D eigenvalue weighted by molar-refractivity contribution is 5.43. The first-order valence-corrected chi connectivity index (χ1v) is 6.87. The first-order chi connectivity index (χ1) is 8.59. The van der Waals surface area contributed by atoms with Crippen LogP contribution in [0.3, 0.4) is 0 Å². The van der Waals surface area contributed by atoms with Crippen LogP contribution in [0.15, 0.2) is 24.3 Å². The summed E-state index contributed by atoms with van der Waals surface area (Å²) < 4.78 is 5.96. The zero-order chi connectivity index (χ0) is 12.6. The number of benzene rings is 1. The van der Waals surface area contributed by atoms with Crippen molar-refractivity contribution in [3.8, 4) is 5.75 Å². The summed E-state index contributed by atoms with van der Waals surface area (Å²) in [5.41, 5.74) is 13.4. The molecule has 0 spiro atoms. The third-order valence-electron chi connectivity index (χ3n) is 4.86. The Hall–Kier alpha value is -1.22. The lowest BCUT2D eigenvalue weighted by molar-refractivity contribution is 0.00534. The minimum Gasteiger partial charge on any atom is -0.493 e. The molecule has 1 aromatic carbocycles. The van der Waals surface area contributed by atoms with E-state index in [0.717, 1.165) is 37.3 Å². The quantitative estimate of drug-likeness (QED) is 0.806. The van der Waals surface area contributed by atoms with Crippen LogP contribution < -0.4 is 16.2 Å². The van der Waals surface area contributed by atoms with E-state index in [1.165, 1.54) is 19.3 Å². The molecule has 0 amide bonds. The van der Waals surface area contributed by atoms with Gasteiger partial charge in [-0.1, -0.05) is 6.07 Å². The predicted octanol–water partition coefficient (Wildman–Crippen LogP) is 2.70. The Labute approximate surface area is 108 Å². The van der Waals surface area contributed by atoms with E-state index >= 15 is 0 Å². The minimum atomic E-state index is 0.138. The smallest absolute Gasteiger partial charge is 0.121 e. The van der Waals surface area contributed by atoms with Crippen molar-refractivity contribution >= 4 is 5.69 Å². The number of rotatable bonds is 3. The Balaban J connectivity index is 1.64. The molecule has 0 aliphatic heterocycles. The molecule has 3 aliphatic rings. The van der Waals surface area contributed by atoms with E-state index in [9.17, 15) is 0 Å². The molecule has 3 fully saturated rings. The third-order valence-corrected chi connectivity index (χ3v) is 4.86. The fraction of sp³-hybridized carbons (Fsp3) is 0.600. The number of hydrogen-bond donors (Lipinski definition) is 2. The van der Waals surface area contributed by atoms with E-state index in [1.807, 2.05) is 24.3 Å². The molecule has 0 aromatic heterocycles. The van der Waals surface area contributed by atoms with Crippen LogP contribution in [0.4, 0.5) is 5.69 Å². The number of anilines is 1. The van der Waals surface area contributed by atoms with Crippen LogP contribution in [0.25, 0.3) is 0 Å². The second kappa shape index (κ2) is 4.16. The van der Waals surface area contributed by atoms with Gasteiger partial charge in [0.15, 0.2) is 0 Å². The van der Waals surface area contributed by atoms with Gasteiger partial charge >= 0.3 is 0 Å². The summed E-state index contributed by atoms with van der Waals surface area (Å²) in [7, 11) is 0. The zero-order valence-corrected chi connectivity index (χ0v) is 10.8. The van der Waals surface area contributed by atoms with Crippen molar-refractivity contribution in [1.82, 2.24) is 0 Å². The highest BCUT2D eigenvalue weighted by atomic mass is 16.5. The summed E-state index contributed by atoms with van der Waals surface area (Å²) in [6, 6.07) is 7.70. The molecule has 2 bridgehead atoms. The first kappa shape index (κ1) is 11.8. The lowest BCUT2D eigenvalue weighted by Gasteiger charge is -2.51. The van der Waals surface area contributed by atoms with Gasteiger partial charge in [-0.3, -0.25) is 0 Å². The molecule has 0 radical (unpaired) electrons. The lowest BCUT2D eigenvalue weighted by atomic mass is 9.58. The maximum atomic E-state index is 6.32. The summed E-state index contributed by atoms with van der Waals surface area (Å²) in [6.45, 7) is 0.812. The molecular formula is C15H22N2O. The van der Waals surface area contributed by atoms with E-state index in [4.69, 9.17) is 16.2 Å². The number of hydrogen-bond acceptors (Lipinski definition) is 3. The highest BCUT2D eigenvalue weighted by Gasteiger charge is 2.46. The van der Waals surface area contributed by atoms with E-state index in [0.29, 0.717) is 5.41 Å². The number of nitrogens with two attached hydrogens (primary N) is 2. The Morgan fingerprint density at radius 3 is 2.33 bits per heavy atom. The molecule has 0 heterocycles. The Kier molecular flexibility index (Phi) is 2.74. The van der Waals surface area contributed by atoms with Crippen molar-refractivity contribution in [1.29, 1.82) is 0 Å². The molecule has 1 aromatic rings. The van der Waals surface area contributed by atoms with E-state index < -0.39 is 0 Å². The summed E-state index contributed by atoms with van der Waals surface area (Å²) in [5.74, 6) is 0.888. The Morgan fingerprint density at radius 1 is 1.06 bits per heavy atom. The fourth-order valence-corrected chi connectivity index (χ4v) is 3.35. The maximum Gasteiger partial charge on any atom is 0.121 e. The maximum absolute atomic E-state index is 6.32. The molecule has 98 valence electrons. The van der Waals surface area contributed by atoms with Crippen LogP contribution in [-0.4, -0.2) is 12.1 Å². The zero-order valence-electron chi connectivity index (χ0n) is 10.8. The van der Waals surface area contributed by atoms with Crippen LogP contribution in [0.1, 0.15) is 38.5 Å². The van der Waals surface area contributed by atoms with E-state index in [1.54, 1.807) is 0 Å². The second-order valence-electron chi connectivity index (χ2n) is 6.22. The van der Waals surface area contributed by atoms with Crippen LogP contribution in [0.2, 0.25) is 0 Å². The van der Waals surface area contributed by atoms with Gasteiger partial charge in [-0.25, -0.2) is 0 Å². The summed E-state index contributed by atoms with van der Waals surface area (Å²) in [5, 5.41) is 0. The average molecular weight is 246 g/mol. The molecule has 3 nitrogen and oxygen atoms in total. The topological polar surface area (TPSA) is 61.3 Å². The van der Waals surface area contributed by atoms with Crippen molar-refractivity contribution < 1.29 is 4.74 Å². The number of nitrogen functional groups attached to an aromatic ring is 1. The van der Waals surface area contributed by atoms with Crippen molar-refractivity contribution in [2.45, 2.75) is 44.1 Å². The second-order valence-corrected chi connectivity index (χ2v) is 6.22. The Bertz CT molecular complexity index is 419. The molecule has 0 unspecified atom stereocenters. The summed E-state index contributed by atoms with van der Waals surface area (Å²) in [6.07, 6.45) is 7.12. The van der Waals surface area contributed by atoms with Gasteiger partial charge in [0.2, 0.25) is 0 Å². The van der Waals surface area contributed by atoms with Crippen LogP contribution >= 0.6 is 0 Å². The SMILES string of the molecule is Nc1cccc(OCC23CCC(N)(CC2)CC3)c1. The van der Waals surface area contributed by atoms with Crippen molar-refractivity contribution in [2.75, 3.05) is 12.3 Å². The molecule has 3 aliphatic carbocycles. The lowest BCUT2D eigenvalue weighted by Crippen LogP contribution is -2.53. The third kappa shape index (κ3) is 2.19. The van der Waals surface area contributed by atoms with Crippen LogP contribution in [-0.2, 0) is 0 Å². The van der Waals surface area contributed by atoms with Gasteiger partial charge in [0.25, 0.3) is 0 Å². The van der Waals surface area contributed by atoms with E-state index in [2.05, 4.69) is 0 Å². The molecule has 3 heteroatoms. The molecule has 4 rings (SSSR count). The molecular weight excluding hydrogens is 224 g/mol. The van der Waals surface area contributed by atoms with Crippen LogP contribution in [0, 0.1) is 5.41 Å². The highest BCUT2D eigenvalue weighted by Crippen LogP contribution is 2.51. The number of fused-ring (bicyclic) bond motifs is 3. The summed E-state index contributed by atoms with van der Waals surface area (Å²) in [4.78, 5) is 0. The fourth-order valence-electron chi connectivity index (χ4n) is 3.35. The van der Waals surface area contributed by atoms with E-state index in [-0.39, 0.29) is 5.54 Å². The van der Waals surface area contributed by atoms with Gasteiger partial charge in [0.05, 0.1) is 6.61 Å². The van der Waals surface area contributed by atoms with Gasteiger partial charge in [0, 0.05) is 22.7 Å². The van der Waals surface area contributed by atoms with Crippen molar-refractivity contribution in [3.05, 3.63) is 24.3 Å². The molecule has 18 heavy (non-hydrogen) atoms. The van der Waals surface area contributed by atoms with Gasteiger partial charge in [-0.05, 0) is 50.7 Å². The molecule has 0 atom stereocenters. The molecule has 0 saturated heterocycles. The molecule has 4 N–H and O–H groups in total. The number of ether oxygens (including phenoxy) is 1. The standard InChI is InChI=1S/C15H22N2O/c16-12-2-1-3-13(10-12)18-11-14-4-7-15(17,8-5-14)9-6-14/h1-3,10H,4-9,11,16-17H2. The van der Waals surface area contributed by atoms with Crippen LogP contribution in [0.5, 0.6) is 5.75 Å². The molecule has 3 saturated carbocycles. The van der Waals surface area contributed by atoms with Gasteiger partial charge < -0.3 is 16.2 Å². The van der Waals surface area contributed by atoms with Gasteiger partial charge in [-0.15, -0.1) is 0 Å². The van der Waals surface area contributed by atoms with Crippen molar-refractivity contribution in [3.63, 3.8) is 0 Å². The normalized spacial score (nSPS) is 34.5. The average Bonchev–Trinajstić information content (AvgIpc) is 2.39. The first-order valence-electron chi connectivity index (χ1n) is 6.87.